The first-order valence-corrected chi connectivity index (χ1v) is 9.61. The fourth-order valence-corrected chi connectivity index (χ4v) is 3.08. The minimum absolute atomic E-state index is 0.107. The largest absolute Gasteiger partial charge is 0.376 e. The van der Waals surface area contributed by atoms with Crippen LogP contribution >= 0.6 is 11.6 Å². The molecule has 5 nitrogen and oxygen atoms in total. The molecule has 2 N–H and O–H groups in total. The molecule has 1 heterocycles. The van der Waals surface area contributed by atoms with Gasteiger partial charge in [-0.3, -0.25) is 10.1 Å². The van der Waals surface area contributed by atoms with E-state index in [4.69, 9.17) is 16.3 Å². The summed E-state index contributed by atoms with van der Waals surface area (Å²) in [6.07, 6.45) is 3.04. The fourth-order valence-electron chi connectivity index (χ4n) is 2.95. The molecule has 0 unspecified atom stereocenters. The van der Waals surface area contributed by atoms with Gasteiger partial charge in [-0.25, -0.2) is 4.99 Å². The van der Waals surface area contributed by atoms with Crippen LogP contribution in [0.15, 0.2) is 53.5 Å². The van der Waals surface area contributed by atoms with Gasteiger partial charge in [0.2, 0.25) is 5.96 Å². The summed E-state index contributed by atoms with van der Waals surface area (Å²) in [7, 11) is 0. The smallest absolute Gasteiger partial charge is 0.257 e. The van der Waals surface area contributed by atoms with Crippen molar-refractivity contribution < 1.29 is 9.53 Å². The Kier molecular flexibility index (Phi) is 6.85. The molecule has 1 atom stereocenters. The average molecular weight is 386 g/mol. The van der Waals surface area contributed by atoms with E-state index in [0.29, 0.717) is 23.1 Å². The van der Waals surface area contributed by atoms with Crippen LogP contribution in [0.4, 0.5) is 5.69 Å². The summed E-state index contributed by atoms with van der Waals surface area (Å²) in [6.45, 7) is 3.38. The highest BCUT2D eigenvalue weighted by Gasteiger charge is 2.16. The normalized spacial score (nSPS) is 17.0. The summed E-state index contributed by atoms with van der Waals surface area (Å²) >= 11 is 5.90. The second-order valence-electron chi connectivity index (χ2n) is 6.42. The van der Waals surface area contributed by atoms with Crippen LogP contribution in [-0.4, -0.2) is 31.1 Å². The third-order valence-electron chi connectivity index (χ3n) is 4.47. The van der Waals surface area contributed by atoms with Crippen LogP contribution in [0.5, 0.6) is 0 Å². The van der Waals surface area contributed by atoms with Gasteiger partial charge in [-0.1, -0.05) is 36.7 Å². The number of guanidine groups is 1. The molecule has 0 radical (unpaired) electrons. The fraction of sp³-hybridized carbons (Fsp3) is 0.333. The maximum Gasteiger partial charge on any atom is 0.257 e. The van der Waals surface area contributed by atoms with E-state index in [0.717, 1.165) is 37.1 Å². The van der Waals surface area contributed by atoms with Crippen LogP contribution in [0.2, 0.25) is 5.02 Å². The Morgan fingerprint density at radius 2 is 2.00 bits per heavy atom. The van der Waals surface area contributed by atoms with E-state index in [9.17, 15) is 4.79 Å². The van der Waals surface area contributed by atoms with Gasteiger partial charge in [0, 0.05) is 22.9 Å². The van der Waals surface area contributed by atoms with Crippen LogP contribution in [0.25, 0.3) is 0 Å². The van der Waals surface area contributed by atoms with Crippen LogP contribution in [0.3, 0.4) is 0 Å². The molecule has 2 aromatic rings. The Morgan fingerprint density at radius 1 is 1.22 bits per heavy atom. The van der Waals surface area contributed by atoms with Crippen molar-refractivity contribution in [1.82, 2.24) is 5.32 Å². The molecular formula is C21H24ClN3O2. The number of carbonyl (C=O) groups is 1. The van der Waals surface area contributed by atoms with Gasteiger partial charge in [-0.15, -0.1) is 0 Å². The monoisotopic (exact) mass is 385 g/mol. The van der Waals surface area contributed by atoms with Gasteiger partial charge < -0.3 is 10.1 Å². The number of aryl methyl sites for hydroxylation is 1. The zero-order valence-corrected chi connectivity index (χ0v) is 16.1. The van der Waals surface area contributed by atoms with Crippen molar-refractivity contribution in [2.75, 3.05) is 18.5 Å². The quantitative estimate of drug-likeness (QED) is 0.596. The molecular weight excluding hydrogens is 362 g/mol. The molecule has 0 saturated carbocycles. The number of aliphatic imine (C=N–C) groups is 1. The molecule has 0 spiro atoms. The topological polar surface area (TPSA) is 62.7 Å². The number of nitrogens with zero attached hydrogens (tertiary/aromatic N) is 1. The summed E-state index contributed by atoms with van der Waals surface area (Å²) in [4.78, 5) is 17.2. The molecule has 27 heavy (non-hydrogen) atoms. The predicted octanol–water partition coefficient (Wildman–Crippen LogP) is 4.28. The number of para-hydroxylation sites is 1. The SMILES string of the molecule is CCc1ccccc1NC(=NC[C@H]1CCCO1)NC(=O)c1ccc(Cl)cc1. The van der Waals surface area contributed by atoms with E-state index in [-0.39, 0.29) is 12.0 Å². The van der Waals surface area contributed by atoms with Crippen LogP contribution in [-0.2, 0) is 11.2 Å². The van der Waals surface area contributed by atoms with Gasteiger partial charge in [0.25, 0.3) is 5.91 Å². The number of carbonyl (C=O) groups excluding carboxylic acids is 1. The number of benzene rings is 2. The third kappa shape index (κ3) is 5.55. The number of amides is 1. The molecule has 2 aromatic carbocycles. The van der Waals surface area contributed by atoms with Crippen molar-refractivity contribution in [3.05, 3.63) is 64.7 Å². The van der Waals surface area contributed by atoms with Crippen molar-refractivity contribution >= 4 is 29.2 Å². The van der Waals surface area contributed by atoms with Gasteiger partial charge in [0.15, 0.2) is 0 Å². The van der Waals surface area contributed by atoms with E-state index >= 15 is 0 Å². The molecule has 1 aliphatic rings. The lowest BCUT2D eigenvalue weighted by atomic mass is 10.1. The number of anilines is 1. The Hall–Kier alpha value is -2.37. The molecule has 0 aromatic heterocycles. The lowest BCUT2D eigenvalue weighted by Gasteiger charge is -2.15. The Bertz CT molecular complexity index is 799. The number of ether oxygens (including phenoxy) is 1. The summed E-state index contributed by atoms with van der Waals surface area (Å²) in [6, 6.07) is 14.8. The maximum atomic E-state index is 12.6. The molecule has 1 aliphatic heterocycles. The number of rotatable bonds is 5. The van der Waals surface area contributed by atoms with Crippen molar-refractivity contribution in [2.45, 2.75) is 32.3 Å². The Balaban J connectivity index is 1.77. The Morgan fingerprint density at radius 3 is 2.70 bits per heavy atom. The van der Waals surface area contributed by atoms with Crippen molar-refractivity contribution in [2.24, 2.45) is 4.99 Å². The molecule has 3 rings (SSSR count). The van der Waals surface area contributed by atoms with Crippen molar-refractivity contribution in [1.29, 1.82) is 0 Å². The molecule has 1 amide bonds. The first-order chi connectivity index (χ1) is 13.2. The highest BCUT2D eigenvalue weighted by atomic mass is 35.5. The maximum absolute atomic E-state index is 12.6. The minimum atomic E-state index is -0.237. The van der Waals surface area contributed by atoms with Gasteiger partial charge in [-0.05, 0) is 55.2 Å². The summed E-state index contributed by atoms with van der Waals surface area (Å²) in [5, 5.41) is 6.74. The molecule has 0 bridgehead atoms. The van der Waals surface area contributed by atoms with E-state index in [1.165, 1.54) is 0 Å². The van der Waals surface area contributed by atoms with Gasteiger partial charge in [0.05, 0.1) is 12.6 Å². The molecule has 142 valence electrons. The standard InChI is InChI=1S/C21H24ClN3O2/c1-2-15-6-3-4-8-19(15)24-21(23-14-18-7-5-13-27-18)25-20(26)16-9-11-17(22)12-10-16/h3-4,6,8-12,18H,2,5,7,13-14H2,1H3,(H2,23,24,25,26)/t18-/m1/s1. The van der Waals surface area contributed by atoms with Crippen molar-refractivity contribution in [3.63, 3.8) is 0 Å². The summed E-state index contributed by atoms with van der Waals surface area (Å²) < 4.78 is 5.64. The first kappa shape index (κ1) is 19.4. The van der Waals surface area contributed by atoms with Gasteiger partial charge >= 0.3 is 0 Å². The lowest BCUT2D eigenvalue weighted by Crippen LogP contribution is -2.37. The summed E-state index contributed by atoms with van der Waals surface area (Å²) in [5.41, 5.74) is 2.61. The first-order valence-electron chi connectivity index (χ1n) is 9.23. The van der Waals surface area contributed by atoms with Crippen LogP contribution < -0.4 is 10.6 Å². The summed E-state index contributed by atoms with van der Waals surface area (Å²) in [5.74, 6) is 0.186. The number of nitrogens with one attached hydrogen (secondary N) is 2. The van der Waals surface area contributed by atoms with Crippen LogP contribution in [0, 0.1) is 0 Å². The predicted molar refractivity (Wildman–Crippen MR) is 110 cm³/mol. The molecule has 1 fully saturated rings. The highest BCUT2D eigenvalue weighted by Crippen LogP contribution is 2.16. The number of hydrogen-bond donors (Lipinski definition) is 2. The zero-order chi connectivity index (χ0) is 19.1. The number of hydrogen-bond acceptors (Lipinski definition) is 3. The minimum Gasteiger partial charge on any atom is -0.376 e. The molecule has 6 heteroatoms. The number of halogens is 1. The second kappa shape index (κ2) is 9.53. The average Bonchev–Trinajstić information content (AvgIpc) is 3.20. The zero-order valence-electron chi connectivity index (χ0n) is 15.4. The Labute approximate surface area is 164 Å². The van der Waals surface area contributed by atoms with Gasteiger partial charge in [-0.2, -0.15) is 0 Å². The van der Waals surface area contributed by atoms with E-state index in [2.05, 4.69) is 28.6 Å². The second-order valence-corrected chi connectivity index (χ2v) is 6.86. The van der Waals surface area contributed by atoms with Crippen molar-refractivity contribution in [3.8, 4) is 0 Å². The van der Waals surface area contributed by atoms with E-state index in [1.54, 1.807) is 24.3 Å². The van der Waals surface area contributed by atoms with E-state index in [1.807, 2.05) is 18.2 Å². The lowest BCUT2D eigenvalue weighted by molar-refractivity contribution is 0.0975. The van der Waals surface area contributed by atoms with E-state index < -0.39 is 0 Å². The molecule has 0 aliphatic carbocycles. The van der Waals surface area contributed by atoms with Crippen LogP contribution in [0.1, 0.15) is 35.7 Å². The molecule has 1 saturated heterocycles. The highest BCUT2D eigenvalue weighted by molar-refractivity contribution is 6.30. The third-order valence-corrected chi connectivity index (χ3v) is 4.72. The van der Waals surface area contributed by atoms with Gasteiger partial charge in [0.1, 0.15) is 0 Å².